The van der Waals surface area contributed by atoms with Crippen molar-refractivity contribution in [1.29, 1.82) is 0 Å². The number of rotatable bonds is 13. The third-order valence-corrected chi connectivity index (χ3v) is 12.5. The monoisotopic (exact) mass is 891 g/mol. The number of hydrogen-bond donors (Lipinski definition) is 3. The lowest BCUT2D eigenvalue weighted by molar-refractivity contribution is -0.120. The zero-order valence-corrected chi connectivity index (χ0v) is 37.6. The molecule has 9 rings (SSSR count). The summed E-state index contributed by atoms with van der Waals surface area (Å²) in [7, 11) is 6.84. The molecule has 16 nitrogen and oxygen atoms in total. The first-order valence-corrected chi connectivity index (χ1v) is 22.4. The largest absolute Gasteiger partial charge is 0.493 e. The number of imide groups is 1. The first kappa shape index (κ1) is 44.0. The van der Waals surface area contributed by atoms with Gasteiger partial charge in [0.15, 0.2) is 11.4 Å². The Bertz CT molecular complexity index is 2930. The zero-order chi connectivity index (χ0) is 46.0. The van der Waals surface area contributed by atoms with Crippen molar-refractivity contribution < 1.29 is 28.6 Å². The van der Waals surface area contributed by atoms with E-state index in [1.807, 2.05) is 73.9 Å². The minimum atomic E-state index is -1.33. The molecule has 16 heteroatoms. The molecule has 66 heavy (non-hydrogen) atoms. The van der Waals surface area contributed by atoms with E-state index in [0.29, 0.717) is 65.9 Å². The molecule has 0 bridgehead atoms. The number of methoxy groups -OCH3 is 1. The number of nitrogens with one attached hydrogen (secondary N) is 3. The number of para-hydroxylation sites is 1. The van der Waals surface area contributed by atoms with Crippen LogP contribution in [0.25, 0.3) is 32.9 Å². The summed E-state index contributed by atoms with van der Waals surface area (Å²) in [4.78, 5) is 70.3. The SMILES string of the molecule is CNCCN(C)C(=O)OCC(OC1CC1)(c1ccccc1)c1nc(N2CCC(C#Cc3cccc(N4CCC(=O)NC4=O)c3OC)CC2)nc2ccc(-c3cn(C)c(=O)c4[nH]ccc34)cc12. The number of benzene rings is 3. The van der Waals surface area contributed by atoms with Gasteiger partial charge < -0.3 is 38.9 Å². The van der Waals surface area contributed by atoms with E-state index in [2.05, 4.69) is 38.4 Å². The lowest BCUT2D eigenvalue weighted by atomic mass is 9.87. The van der Waals surface area contributed by atoms with Gasteiger partial charge in [-0.25, -0.2) is 19.6 Å². The van der Waals surface area contributed by atoms with Crippen molar-refractivity contribution in [2.75, 3.05) is 70.3 Å². The van der Waals surface area contributed by atoms with E-state index in [-0.39, 0.29) is 43.1 Å². The maximum atomic E-state index is 13.7. The molecule has 2 saturated heterocycles. The van der Waals surface area contributed by atoms with Gasteiger partial charge >= 0.3 is 12.1 Å². The third-order valence-electron chi connectivity index (χ3n) is 12.5. The van der Waals surface area contributed by atoms with E-state index < -0.39 is 17.7 Å². The number of pyridine rings is 1. The van der Waals surface area contributed by atoms with Crippen LogP contribution < -0.4 is 30.7 Å². The molecular formula is C50H53N9O7. The number of hydrogen-bond acceptors (Lipinski definition) is 11. The summed E-state index contributed by atoms with van der Waals surface area (Å²) in [6.45, 7) is 2.41. The van der Waals surface area contributed by atoms with Crippen molar-refractivity contribution in [3.05, 3.63) is 112 Å². The molecular weight excluding hydrogens is 839 g/mol. The molecule has 3 N–H and O–H groups in total. The van der Waals surface area contributed by atoms with Crippen molar-refractivity contribution in [2.45, 2.75) is 43.8 Å². The van der Waals surface area contributed by atoms with Crippen LogP contribution in [0.3, 0.4) is 0 Å². The second-order valence-electron chi connectivity index (χ2n) is 17.1. The zero-order valence-electron chi connectivity index (χ0n) is 37.6. The van der Waals surface area contributed by atoms with Gasteiger partial charge in [-0.2, -0.15) is 0 Å². The molecule has 4 amide bonds. The third kappa shape index (κ3) is 8.79. The predicted molar refractivity (Wildman–Crippen MR) is 252 cm³/mol. The highest BCUT2D eigenvalue weighted by Crippen LogP contribution is 2.44. The summed E-state index contributed by atoms with van der Waals surface area (Å²) in [5, 5.41) is 6.99. The number of urea groups is 1. The number of H-pyrrole nitrogens is 1. The van der Waals surface area contributed by atoms with Crippen LogP contribution in [0.2, 0.25) is 0 Å². The van der Waals surface area contributed by atoms with E-state index in [0.717, 1.165) is 53.1 Å². The topological polar surface area (TPSA) is 176 Å². The molecule has 1 unspecified atom stereocenters. The number of anilines is 2. The van der Waals surface area contributed by atoms with Crippen molar-refractivity contribution >= 4 is 51.5 Å². The fourth-order valence-corrected chi connectivity index (χ4v) is 8.75. The highest BCUT2D eigenvalue weighted by atomic mass is 16.6. The Kier molecular flexibility index (Phi) is 12.5. The van der Waals surface area contributed by atoms with Crippen LogP contribution in [0.1, 0.15) is 48.9 Å². The maximum Gasteiger partial charge on any atom is 0.409 e. The van der Waals surface area contributed by atoms with Gasteiger partial charge in [0.1, 0.15) is 12.1 Å². The van der Waals surface area contributed by atoms with Crippen LogP contribution >= 0.6 is 0 Å². The Labute approximate surface area is 382 Å². The smallest absolute Gasteiger partial charge is 0.409 e. The van der Waals surface area contributed by atoms with E-state index in [1.165, 1.54) is 4.90 Å². The average molecular weight is 892 g/mol. The number of nitrogens with zero attached hydrogens (tertiary/aromatic N) is 6. The Morgan fingerprint density at radius 3 is 2.52 bits per heavy atom. The fourth-order valence-electron chi connectivity index (χ4n) is 8.75. The van der Waals surface area contributed by atoms with Crippen molar-refractivity contribution in [1.82, 2.24) is 35.1 Å². The summed E-state index contributed by atoms with van der Waals surface area (Å²) < 4.78 is 20.7. The van der Waals surface area contributed by atoms with Gasteiger partial charge in [-0.05, 0) is 74.2 Å². The molecule has 5 heterocycles. The molecule has 0 spiro atoms. The van der Waals surface area contributed by atoms with Gasteiger partial charge in [0.2, 0.25) is 11.9 Å². The predicted octanol–water partition coefficient (Wildman–Crippen LogP) is 5.91. The summed E-state index contributed by atoms with van der Waals surface area (Å²) in [5.41, 5.74) is 4.03. The van der Waals surface area contributed by atoms with Gasteiger partial charge in [-0.15, -0.1) is 0 Å². The van der Waals surface area contributed by atoms with Crippen molar-refractivity contribution in [3.8, 4) is 28.7 Å². The Morgan fingerprint density at radius 1 is 0.970 bits per heavy atom. The number of fused-ring (bicyclic) bond motifs is 2. The lowest BCUT2D eigenvalue weighted by Crippen LogP contribution is -2.49. The number of carbonyl (C=O) groups excluding carboxylic acids is 3. The quantitative estimate of drug-likeness (QED) is 0.118. The van der Waals surface area contributed by atoms with Crippen LogP contribution in [-0.4, -0.2) is 109 Å². The van der Waals surface area contributed by atoms with Crippen LogP contribution in [-0.2, 0) is 26.9 Å². The summed E-state index contributed by atoms with van der Waals surface area (Å²) in [6, 6.07) is 22.8. The van der Waals surface area contributed by atoms with E-state index in [1.54, 1.807) is 42.9 Å². The van der Waals surface area contributed by atoms with Crippen LogP contribution in [0, 0.1) is 17.8 Å². The second-order valence-corrected chi connectivity index (χ2v) is 17.1. The van der Waals surface area contributed by atoms with Gasteiger partial charge in [0.05, 0.1) is 35.7 Å². The Hall–Kier alpha value is -7.22. The first-order valence-electron chi connectivity index (χ1n) is 22.4. The molecule has 1 saturated carbocycles. The maximum absolute atomic E-state index is 13.7. The number of aryl methyl sites for hydroxylation is 1. The number of likely N-dealkylation sites (N-methyl/N-ethyl adjacent to an activating group) is 2. The first-order chi connectivity index (χ1) is 32.1. The number of carbonyl (C=O) groups is 3. The molecule has 3 aromatic carbocycles. The number of piperidine rings is 1. The Balaban J connectivity index is 1.10. The Morgan fingerprint density at radius 2 is 1.77 bits per heavy atom. The molecule has 3 fully saturated rings. The minimum absolute atomic E-state index is 0.0565. The van der Waals surface area contributed by atoms with E-state index in [9.17, 15) is 19.2 Å². The number of aromatic nitrogens is 4. The normalized spacial score (nSPS) is 16.4. The van der Waals surface area contributed by atoms with Crippen LogP contribution in [0.4, 0.5) is 21.2 Å². The van der Waals surface area contributed by atoms with Gasteiger partial charge in [-0.3, -0.25) is 19.8 Å². The standard InChI is InChI=1S/C50H53N9O7/c1-51-24-28-56(2)49(63)65-31-50(66-36-16-17-36,35-10-6-5-7-11-35)45-38-29-34(39-30-57(3)46(61)43-37(39)19-23-52-43)15-18-40(38)53-47(55-45)58-25-20-32(21-26-58)13-14-33-9-8-12-41(44(33)64-4)59-27-22-42(60)54-48(59)62/h5-12,15,18-19,23,29-30,32,36,51-52H,16-17,20-22,24-28,31H2,1-4H3,(H,54,60,62). The van der Waals surface area contributed by atoms with Gasteiger partial charge in [-0.1, -0.05) is 54.3 Å². The molecule has 340 valence electrons. The van der Waals surface area contributed by atoms with Crippen LogP contribution in [0.15, 0.2) is 90.0 Å². The van der Waals surface area contributed by atoms with Crippen molar-refractivity contribution in [3.63, 3.8) is 0 Å². The lowest BCUT2D eigenvalue weighted by Gasteiger charge is -2.36. The number of amides is 4. The summed E-state index contributed by atoms with van der Waals surface area (Å²) in [5.74, 6) is 7.55. The number of ether oxygens (including phenoxy) is 3. The molecule has 1 aliphatic carbocycles. The molecule has 3 aliphatic rings. The molecule has 2 aliphatic heterocycles. The second kappa shape index (κ2) is 18.7. The van der Waals surface area contributed by atoms with E-state index in [4.69, 9.17) is 24.2 Å². The number of aromatic amines is 1. The van der Waals surface area contributed by atoms with Gasteiger partial charge in [0.25, 0.3) is 5.56 Å². The van der Waals surface area contributed by atoms with Crippen molar-refractivity contribution in [2.24, 2.45) is 13.0 Å². The highest BCUT2D eigenvalue weighted by Gasteiger charge is 2.46. The average Bonchev–Trinajstić information content (AvgIpc) is 4.02. The molecule has 6 aromatic rings. The molecule has 0 radical (unpaired) electrons. The van der Waals surface area contributed by atoms with Crippen LogP contribution in [0.5, 0.6) is 5.75 Å². The highest BCUT2D eigenvalue weighted by molar-refractivity contribution is 6.06. The fraction of sp³-hybridized carbons (Fsp3) is 0.360. The molecule has 3 aromatic heterocycles. The van der Waals surface area contributed by atoms with Gasteiger partial charge in [0, 0.05) is 87.9 Å². The summed E-state index contributed by atoms with van der Waals surface area (Å²) in [6.07, 6.45) is 6.44. The summed E-state index contributed by atoms with van der Waals surface area (Å²) >= 11 is 0. The minimum Gasteiger partial charge on any atom is -0.493 e. The van der Waals surface area contributed by atoms with E-state index >= 15 is 0 Å². The molecule has 1 atom stereocenters.